The molecule has 1 saturated heterocycles. The van der Waals surface area contributed by atoms with Gasteiger partial charge in [0.05, 0.1) is 0 Å². The van der Waals surface area contributed by atoms with E-state index >= 15 is 0 Å². The van der Waals surface area contributed by atoms with Gasteiger partial charge in [-0.15, -0.1) is 0 Å². The number of nitrogens with zero attached hydrogens (tertiary/aromatic N) is 1. The van der Waals surface area contributed by atoms with Crippen LogP contribution in [0.2, 0.25) is 0 Å². The van der Waals surface area contributed by atoms with Crippen LogP contribution in [0.1, 0.15) is 29.6 Å². The van der Waals surface area contributed by atoms with Gasteiger partial charge in [0, 0.05) is 29.5 Å². The van der Waals surface area contributed by atoms with Crippen molar-refractivity contribution >= 4 is 38.6 Å². The number of aliphatic carboxylic acids is 1. The Morgan fingerprint density at radius 3 is 2.57 bits per heavy atom. The van der Waals surface area contributed by atoms with Crippen molar-refractivity contribution in [3.8, 4) is 0 Å². The standard InChI is InChI=1S/C18H18BrNO3/c19-14-10-13-3-1-2-4-15(13)16(11-14)18(23)20-7-5-12(6-8-20)9-17(21)22/h1-4,10-12H,5-9H2,(H,21,22). The smallest absolute Gasteiger partial charge is 0.303 e. The monoisotopic (exact) mass is 375 g/mol. The summed E-state index contributed by atoms with van der Waals surface area (Å²) in [4.78, 5) is 25.5. The lowest BCUT2D eigenvalue weighted by atomic mass is 9.93. The van der Waals surface area contributed by atoms with Gasteiger partial charge in [0.2, 0.25) is 0 Å². The molecule has 1 aliphatic rings. The molecular weight excluding hydrogens is 358 g/mol. The molecule has 0 aliphatic carbocycles. The van der Waals surface area contributed by atoms with Gasteiger partial charge in [-0.05, 0) is 41.7 Å². The second-order valence-corrected chi connectivity index (χ2v) is 6.92. The van der Waals surface area contributed by atoms with Crippen molar-refractivity contribution in [2.24, 2.45) is 5.92 Å². The van der Waals surface area contributed by atoms with E-state index in [9.17, 15) is 9.59 Å². The van der Waals surface area contributed by atoms with Crippen LogP contribution in [0.5, 0.6) is 0 Å². The summed E-state index contributed by atoms with van der Waals surface area (Å²) in [5, 5.41) is 10.9. The van der Waals surface area contributed by atoms with Gasteiger partial charge in [-0.2, -0.15) is 0 Å². The summed E-state index contributed by atoms with van der Waals surface area (Å²) in [5.74, 6) is -0.556. The summed E-state index contributed by atoms with van der Waals surface area (Å²) in [6.45, 7) is 1.25. The Morgan fingerprint density at radius 1 is 1.17 bits per heavy atom. The fourth-order valence-electron chi connectivity index (χ4n) is 3.21. The minimum atomic E-state index is -0.757. The maximum atomic E-state index is 12.9. The molecule has 1 amide bonds. The van der Waals surface area contributed by atoms with Gasteiger partial charge in [0.1, 0.15) is 0 Å². The van der Waals surface area contributed by atoms with Crippen LogP contribution in [0, 0.1) is 5.92 Å². The van der Waals surface area contributed by atoms with E-state index < -0.39 is 5.97 Å². The molecule has 0 atom stereocenters. The molecule has 1 fully saturated rings. The van der Waals surface area contributed by atoms with Crippen molar-refractivity contribution in [3.05, 3.63) is 46.4 Å². The number of hydrogen-bond acceptors (Lipinski definition) is 2. The molecular formula is C18H18BrNO3. The molecule has 3 rings (SSSR count). The topological polar surface area (TPSA) is 57.6 Å². The van der Waals surface area contributed by atoms with Gasteiger partial charge in [-0.3, -0.25) is 9.59 Å². The van der Waals surface area contributed by atoms with Crippen molar-refractivity contribution < 1.29 is 14.7 Å². The molecule has 4 nitrogen and oxygen atoms in total. The van der Waals surface area contributed by atoms with E-state index in [1.165, 1.54) is 0 Å². The second kappa shape index (κ2) is 6.71. The lowest BCUT2D eigenvalue weighted by molar-refractivity contribution is -0.138. The molecule has 23 heavy (non-hydrogen) atoms. The summed E-state index contributed by atoms with van der Waals surface area (Å²) in [7, 11) is 0. The first kappa shape index (κ1) is 16.0. The number of hydrogen-bond donors (Lipinski definition) is 1. The van der Waals surface area contributed by atoms with Gasteiger partial charge in [-0.25, -0.2) is 0 Å². The molecule has 120 valence electrons. The highest BCUT2D eigenvalue weighted by atomic mass is 79.9. The molecule has 5 heteroatoms. The highest BCUT2D eigenvalue weighted by Crippen LogP contribution is 2.27. The molecule has 2 aromatic rings. The number of piperidine rings is 1. The first-order valence-corrected chi connectivity index (χ1v) is 8.53. The van der Waals surface area contributed by atoms with Crippen LogP contribution in [-0.4, -0.2) is 35.0 Å². The van der Waals surface area contributed by atoms with E-state index in [4.69, 9.17) is 5.11 Å². The lowest BCUT2D eigenvalue weighted by Crippen LogP contribution is -2.39. The Bertz CT molecular complexity index is 751. The highest BCUT2D eigenvalue weighted by molar-refractivity contribution is 9.10. The molecule has 1 N–H and O–H groups in total. The first-order valence-electron chi connectivity index (χ1n) is 7.74. The molecule has 0 saturated carbocycles. The van der Waals surface area contributed by atoms with E-state index in [-0.39, 0.29) is 18.2 Å². The zero-order chi connectivity index (χ0) is 16.4. The van der Waals surface area contributed by atoms with E-state index in [1.807, 2.05) is 41.3 Å². The summed E-state index contributed by atoms with van der Waals surface area (Å²) in [6.07, 6.45) is 1.70. The average Bonchev–Trinajstić information content (AvgIpc) is 2.53. The minimum absolute atomic E-state index is 0.0243. The highest BCUT2D eigenvalue weighted by Gasteiger charge is 2.26. The van der Waals surface area contributed by atoms with Gasteiger partial charge < -0.3 is 10.0 Å². The third-order valence-corrected chi connectivity index (χ3v) is 4.88. The third-order valence-electron chi connectivity index (χ3n) is 4.42. The van der Waals surface area contributed by atoms with Crippen molar-refractivity contribution in [3.63, 3.8) is 0 Å². The van der Waals surface area contributed by atoms with Crippen LogP contribution >= 0.6 is 15.9 Å². The maximum absolute atomic E-state index is 12.9. The Labute approximate surface area is 143 Å². The van der Waals surface area contributed by atoms with E-state index in [0.717, 1.165) is 28.1 Å². The fraction of sp³-hybridized carbons (Fsp3) is 0.333. The predicted molar refractivity (Wildman–Crippen MR) is 92.5 cm³/mol. The van der Waals surface area contributed by atoms with E-state index in [1.54, 1.807) is 0 Å². The van der Waals surface area contributed by atoms with Crippen molar-refractivity contribution in [1.82, 2.24) is 4.90 Å². The quantitative estimate of drug-likeness (QED) is 0.883. The molecule has 0 bridgehead atoms. The summed E-state index contributed by atoms with van der Waals surface area (Å²) >= 11 is 3.48. The third kappa shape index (κ3) is 3.55. The first-order chi connectivity index (χ1) is 11.0. The Hall–Kier alpha value is -1.88. The number of likely N-dealkylation sites (tertiary alicyclic amines) is 1. The number of rotatable bonds is 3. The van der Waals surface area contributed by atoms with E-state index in [0.29, 0.717) is 18.7 Å². The van der Waals surface area contributed by atoms with Crippen LogP contribution < -0.4 is 0 Å². The van der Waals surface area contributed by atoms with Gasteiger partial charge >= 0.3 is 5.97 Å². The number of carboxylic acid groups (broad SMARTS) is 1. The zero-order valence-electron chi connectivity index (χ0n) is 12.7. The molecule has 0 radical (unpaired) electrons. The summed E-state index contributed by atoms with van der Waals surface area (Å²) in [6, 6.07) is 11.7. The summed E-state index contributed by atoms with van der Waals surface area (Å²) < 4.78 is 0.889. The van der Waals surface area contributed by atoms with Gasteiger partial charge in [0.25, 0.3) is 5.91 Å². The Balaban J connectivity index is 1.81. The maximum Gasteiger partial charge on any atom is 0.303 e. The normalized spacial score (nSPS) is 15.8. The lowest BCUT2D eigenvalue weighted by Gasteiger charge is -2.31. The van der Waals surface area contributed by atoms with Gasteiger partial charge in [0.15, 0.2) is 0 Å². The van der Waals surface area contributed by atoms with Gasteiger partial charge in [-0.1, -0.05) is 40.2 Å². The molecule has 0 unspecified atom stereocenters. The molecule has 2 aromatic carbocycles. The van der Waals surface area contributed by atoms with E-state index in [2.05, 4.69) is 15.9 Å². The minimum Gasteiger partial charge on any atom is -0.481 e. The SMILES string of the molecule is O=C(O)CC1CCN(C(=O)c2cc(Br)cc3ccccc23)CC1. The summed E-state index contributed by atoms with van der Waals surface area (Å²) in [5.41, 5.74) is 0.701. The number of benzene rings is 2. The number of carbonyl (C=O) groups is 2. The number of halogens is 1. The fourth-order valence-corrected chi connectivity index (χ4v) is 3.68. The molecule has 0 aromatic heterocycles. The molecule has 0 spiro atoms. The van der Waals surface area contributed by atoms with Crippen LogP contribution in [-0.2, 0) is 4.79 Å². The van der Waals surface area contributed by atoms with Crippen LogP contribution in [0.3, 0.4) is 0 Å². The van der Waals surface area contributed by atoms with Crippen molar-refractivity contribution in [1.29, 1.82) is 0 Å². The molecule has 1 heterocycles. The average molecular weight is 376 g/mol. The van der Waals surface area contributed by atoms with Crippen LogP contribution in [0.25, 0.3) is 10.8 Å². The largest absolute Gasteiger partial charge is 0.481 e. The zero-order valence-corrected chi connectivity index (χ0v) is 14.3. The van der Waals surface area contributed by atoms with Crippen LogP contribution in [0.15, 0.2) is 40.9 Å². The number of fused-ring (bicyclic) bond motifs is 1. The van der Waals surface area contributed by atoms with Crippen molar-refractivity contribution in [2.45, 2.75) is 19.3 Å². The molecule has 1 aliphatic heterocycles. The van der Waals surface area contributed by atoms with Crippen LogP contribution in [0.4, 0.5) is 0 Å². The number of carboxylic acids is 1. The number of amides is 1. The number of carbonyl (C=O) groups excluding carboxylic acids is 1. The van der Waals surface area contributed by atoms with Crippen molar-refractivity contribution in [2.75, 3.05) is 13.1 Å². The Kier molecular flexibility index (Phi) is 4.66. The predicted octanol–water partition coefficient (Wildman–Crippen LogP) is 3.93. The second-order valence-electron chi connectivity index (χ2n) is 6.01. The Morgan fingerprint density at radius 2 is 1.87 bits per heavy atom.